The van der Waals surface area contributed by atoms with E-state index in [0.29, 0.717) is 11.9 Å². The van der Waals surface area contributed by atoms with Crippen molar-refractivity contribution >= 4 is 5.96 Å². The average Bonchev–Trinajstić information content (AvgIpc) is 2.17. The smallest absolute Gasteiger partial charge is 0.205 e. The molecule has 0 heterocycles. The highest BCUT2D eigenvalue weighted by molar-refractivity contribution is 5.79. The third-order valence-corrected chi connectivity index (χ3v) is 1.94. The molecule has 1 unspecified atom stereocenters. The zero-order valence-corrected chi connectivity index (χ0v) is 8.93. The van der Waals surface area contributed by atoms with Crippen molar-refractivity contribution in [1.29, 1.82) is 0 Å². The molecular weight excluding hydrogens is 164 g/mol. The molecule has 0 saturated carbocycles. The first kappa shape index (κ1) is 12.2. The highest BCUT2D eigenvalue weighted by Crippen LogP contribution is 1.99. The third kappa shape index (κ3) is 6.40. The first-order chi connectivity index (χ1) is 6.24. The Kier molecular flexibility index (Phi) is 7.39. The van der Waals surface area contributed by atoms with Crippen molar-refractivity contribution in [2.24, 2.45) is 16.8 Å². The fourth-order valence-electron chi connectivity index (χ4n) is 0.772. The Labute approximate surface area is 81.0 Å². The van der Waals surface area contributed by atoms with Crippen LogP contribution >= 0.6 is 0 Å². The normalized spacial score (nSPS) is 14.0. The Morgan fingerprint density at radius 3 is 2.62 bits per heavy atom. The number of hydrazine groups is 1. The molecule has 0 bridgehead atoms. The molecule has 0 saturated heterocycles. The first-order valence-electron chi connectivity index (χ1n) is 4.99. The van der Waals surface area contributed by atoms with Gasteiger partial charge >= 0.3 is 0 Å². The molecule has 78 valence electrons. The van der Waals surface area contributed by atoms with Gasteiger partial charge in [0.05, 0.1) is 0 Å². The van der Waals surface area contributed by atoms with Gasteiger partial charge in [0.2, 0.25) is 5.96 Å². The first-order valence-corrected chi connectivity index (χ1v) is 4.99. The molecule has 4 heteroatoms. The van der Waals surface area contributed by atoms with E-state index in [2.05, 4.69) is 36.5 Å². The highest BCUT2D eigenvalue weighted by Gasteiger charge is 1.98. The molecule has 1 atom stereocenters. The second kappa shape index (κ2) is 7.86. The molecule has 13 heavy (non-hydrogen) atoms. The Balaban J connectivity index is 3.77. The quantitative estimate of drug-likeness (QED) is 0.258. The number of guanidine groups is 1. The summed E-state index contributed by atoms with van der Waals surface area (Å²) in [7, 11) is 0. The number of hydrogen-bond acceptors (Lipinski definition) is 2. The molecule has 4 nitrogen and oxygen atoms in total. The zero-order valence-electron chi connectivity index (χ0n) is 8.93. The van der Waals surface area contributed by atoms with E-state index >= 15 is 0 Å². The maximum atomic E-state index is 5.30. The lowest BCUT2D eigenvalue weighted by molar-refractivity contribution is 0.573. The van der Waals surface area contributed by atoms with Crippen molar-refractivity contribution in [2.75, 3.05) is 13.1 Å². The average molecular weight is 186 g/mol. The van der Waals surface area contributed by atoms with Crippen LogP contribution in [0.25, 0.3) is 0 Å². The van der Waals surface area contributed by atoms with E-state index in [1.165, 1.54) is 0 Å². The van der Waals surface area contributed by atoms with E-state index in [1.807, 2.05) is 0 Å². The minimum Gasteiger partial charge on any atom is -0.355 e. The van der Waals surface area contributed by atoms with E-state index in [9.17, 15) is 0 Å². The lowest BCUT2D eigenvalue weighted by Crippen LogP contribution is -2.42. The van der Waals surface area contributed by atoms with Crippen molar-refractivity contribution in [3.63, 3.8) is 0 Å². The molecule has 4 N–H and O–H groups in total. The van der Waals surface area contributed by atoms with Gasteiger partial charge < -0.3 is 5.32 Å². The summed E-state index contributed by atoms with van der Waals surface area (Å²) in [5.41, 5.74) is 2.56. The standard InChI is InChI=1S/C9H22N4/c1-4-6-11-9(13-10)12-7-8(3)5-2/h8H,4-7,10H2,1-3H3,(H2,11,12,13). The van der Waals surface area contributed by atoms with Gasteiger partial charge in [-0.2, -0.15) is 0 Å². The summed E-state index contributed by atoms with van der Waals surface area (Å²) < 4.78 is 0. The van der Waals surface area contributed by atoms with Crippen molar-refractivity contribution in [2.45, 2.75) is 33.6 Å². The number of aliphatic imine (C=N–C) groups is 1. The molecule has 0 aliphatic rings. The van der Waals surface area contributed by atoms with Crippen LogP contribution in [-0.4, -0.2) is 19.0 Å². The van der Waals surface area contributed by atoms with E-state index in [4.69, 9.17) is 5.84 Å². The van der Waals surface area contributed by atoms with Gasteiger partial charge in [0.15, 0.2) is 0 Å². The zero-order chi connectivity index (χ0) is 10.1. The lowest BCUT2D eigenvalue weighted by Gasteiger charge is -2.09. The minimum absolute atomic E-state index is 0.617. The minimum atomic E-state index is 0.617. The number of nitrogens with two attached hydrogens (primary N) is 1. The van der Waals surface area contributed by atoms with Crippen LogP contribution in [0, 0.1) is 5.92 Å². The fourth-order valence-corrected chi connectivity index (χ4v) is 0.772. The predicted molar refractivity (Wildman–Crippen MR) is 57.4 cm³/mol. The van der Waals surface area contributed by atoms with Gasteiger partial charge in [-0.15, -0.1) is 0 Å². The molecular formula is C9H22N4. The molecule has 0 aromatic carbocycles. The van der Waals surface area contributed by atoms with Crippen LogP contribution in [-0.2, 0) is 0 Å². The summed E-state index contributed by atoms with van der Waals surface area (Å²) in [6, 6.07) is 0. The van der Waals surface area contributed by atoms with Crippen molar-refractivity contribution in [3.05, 3.63) is 0 Å². The lowest BCUT2D eigenvalue weighted by atomic mass is 10.1. The second-order valence-electron chi connectivity index (χ2n) is 3.27. The third-order valence-electron chi connectivity index (χ3n) is 1.94. The van der Waals surface area contributed by atoms with Crippen molar-refractivity contribution in [1.82, 2.24) is 10.7 Å². The number of rotatable bonds is 5. The summed E-state index contributed by atoms with van der Waals surface area (Å²) in [4.78, 5) is 4.32. The van der Waals surface area contributed by atoms with Gasteiger partial charge in [-0.05, 0) is 12.3 Å². The summed E-state index contributed by atoms with van der Waals surface area (Å²) >= 11 is 0. The molecule has 0 aromatic heterocycles. The van der Waals surface area contributed by atoms with Crippen LogP contribution in [0.3, 0.4) is 0 Å². The van der Waals surface area contributed by atoms with E-state index in [0.717, 1.165) is 25.9 Å². The summed E-state index contributed by atoms with van der Waals surface area (Å²) in [5.74, 6) is 6.61. The maximum Gasteiger partial charge on any atom is 0.205 e. The van der Waals surface area contributed by atoms with E-state index in [-0.39, 0.29) is 0 Å². The second-order valence-corrected chi connectivity index (χ2v) is 3.27. The van der Waals surface area contributed by atoms with Crippen molar-refractivity contribution in [3.8, 4) is 0 Å². The predicted octanol–water partition coefficient (Wildman–Crippen LogP) is 0.851. The van der Waals surface area contributed by atoms with Gasteiger partial charge in [-0.25, -0.2) is 5.84 Å². The topological polar surface area (TPSA) is 62.4 Å². The molecule has 0 rings (SSSR count). The van der Waals surface area contributed by atoms with Crippen LogP contribution in [0.5, 0.6) is 0 Å². The van der Waals surface area contributed by atoms with E-state index in [1.54, 1.807) is 0 Å². The van der Waals surface area contributed by atoms with E-state index < -0.39 is 0 Å². The Morgan fingerprint density at radius 1 is 1.46 bits per heavy atom. The van der Waals surface area contributed by atoms with Crippen LogP contribution in [0.4, 0.5) is 0 Å². The largest absolute Gasteiger partial charge is 0.355 e. The van der Waals surface area contributed by atoms with Crippen LogP contribution < -0.4 is 16.6 Å². The molecule has 0 aliphatic heterocycles. The van der Waals surface area contributed by atoms with Gasteiger partial charge in [0.1, 0.15) is 0 Å². The number of nitrogens with zero attached hydrogens (tertiary/aromatic N) is 1. The van der Waals surface area contributed by atoms with Gasteiger partial charge in [-0.1, -0.05) is 27.2 Å². The Hall–Kier alpha value is -0.770. The molecule has 0 radical (unpaired) electrons. The van der Waals surface area contributed by atoms with Gasteiger partial charge in [0, 0.05) is 13.1 Å². The molecule has 0 aliphatic carbocycles. The molecule has 0 amide bonds. The van der Waals surface area contributed by atoms with Crippen LogP contribution in [0.1, 0.15) is 33.6 Å². The highest BCUT2D eigenvalue weighted by atomic mass is 15.3. The summed E-state index contributed by atoms with van der Waals surface area (Å²) in [6.07, 6.45) is 2.22. The number of hydrogen-bond donors (Lipinski definition) is 3. The summed E-state index contributed by atoms with van der Waals surface area (Å²) in [6.45, 7) is 8.18. The molecule has 0 spiro atoms. The maximum absolute atomic E-state index is 5.30. The van der Waals surface area contributed by atoms with Gasteiger partial charge in [-0.3, -0.25) is 10.4 Å². The number of nitrogens with one attached hydrogen (secondary N) is 2. The Morgan fingerprint density at radius 2 is 2.15 bits per heavy atom. The van der Waals surface area contributed by atoms with Crippen LogP contribution in [0.2, 0.25) is 0 Å². The monoisotopic (exact) mass is 186 g/mol. The van der Waals surface area contributed by atoms with Crippen LogP contribution in [0.15, 0.2) is 4.99 Å². The Bertz CT molecular complexity index is 145. The molecule has 0 aromatic rings. The fraction of sp³-hybridized carbons (Fsp3) is 0.889. The van der Waals surface area contributed by atoms with Crippen molar-refractivity contribution < 1.29 is 0 Å². The molecule has 0 fully saturated rings. The SMILES string of the molecule is CCCNC(=NCC(C)CC)NN. The van der Waals surface area contributed by atoms with Gasteiger partial charge in [0.25, 0.3) is 0 Å². The summed E-state index contributed by atoms with van der Waals surface area (Å²) in [5, 5.41) is 3.11.